The highest BCUT2D eigenvalue weighted by molar-refractivity contribution is 7.45. The van der Waals surface area contributed by atoms with Crippen LogP contribution in [0.1, 0.15) is 220 Å². The number of hydrogen-bond acceptors (Lipinski definition) is 7. The Morgan fingerprint density at radius 3 is 1.40 bits per heavy atom. The van der Waals surface area contributed by atoms with Crippen LogP contribution in [0.25, 0.3) is 0 Å². The SMILES string of the molecule is CC/C=C\C/C=C\C/C=C\C/C=C\C/C=C\C/C=C\CCC(=O)NC(COP(=O)([O-])OCC[N+](C)(C)C)C(/C=C\CCCCCCCCCCC)OC(=O)CCCCC/C=C\CCCCCCCCC. The molecule has 0 fully saturated rings. The number of carbonyl (C=O) groups is 2. The zero-order valence-corrected chi connectivity index (χ0v) is 46.6. The van der Waals surface area contributed by atoms with Gasteiger partial charge in [-0.3, -0.25) is 14.2 Å². The molecule has 3 atom stereocenters. The quantitative estimate of drug-likeness (QED) is 0.0212. The fraction of sp³-hybridized carbons (Fsp3) is 0.700. The molecule has 0 spiro atoms. The van der Waals surface area contributed by atoms with Gasteiger partial charge in [-0.05, 0) is 96.0 Å². The van der Waals surface area contributed by atoms with Gasteiger partial charge < -0.3 is 28.5 Å². The first-order valence-corrected chi connectivity index (χ1v) is 29.5. The average molecular weight is 997 g/mol. The van der Waals surface area contributed by atoms with Crippen molar-refractivity contribution in [2.45, 2.75) is 232 Å². The largest absolute Gasteiger partial charge is 0.756 e. The first-order valence-electron chi connectivity index (χ1n) is 28.0. The normalized spacial score (nSPS) is 14.6. The highest BCUT2D eigenvalue weighted by Gasteiger charge is 2.27. The van der Waals surface area contributed by atoms with Crippen molar-refractivity contribution >= 4 is 19.7 Å². The molecule has 0 heterocycles. The summed E-state index contributed by atoms with van der Waals surface area (Å²) in [6.07, 6.45) is 65.4. The molecule has 0 aromatic heterocycles. The Bertz CT molecular complexity index is 1520. The standard InChI is InChI=1S/C60H105N2O7P/c1-7-10-13-16-19-22-25-27-29-30-31-32-33-34-37-40-43-46-49-52-59(63)61-57(56-68-70(65,66)67-55-54-62(4,5)6)58(51-48-45-42-39-36-24-21-18-15-12-9-3)69-60(64)53-50-47-44-41-38-35-28-26-23-20-17-14-11-8-2/h10,13,19,22,27,29,31-32,34-35,37-38,43,46,48,51,57-58H,7-9,11-12,14-18,20-21,23-26,28,30,33,36,39-42,44-45,47,49-50,52-56H2,1-6H3,(H-,61,63,65,66)/b13-10-,22-19-,29-27-,32-31-,37-34-,38-35-,46-43-,51-48-. The number of phosphoric acid groups is 1. The molecule has 0 saturated heterocycles. The van der Waals surface area contributed by atoms with Crippen LogP contribution in [-0.4, -0.2) is 69.4 Å². The van der Waals surface area contributed by atoms with Crippen LogP contribution in [0.2, 0.25) is 0 Å². The van der Waals surface area contributed by atoms with Gasteiger partial charge in [0, 0.05) is 12.8 Å². The molecule has 0 radical (unpaired) electrons. The van der Waals surface area contributed by atoms with E-state index >= 15 is 0 Å². The van der Waals surface area contributed by atoms with Crippen LogP contribution in [0.3, 0.4) is 0 Å². The van der Waals surface area contributed by atoms with E-state index < -0.39 is 26.6 Å². The Morgan fingerprint density at radius 2 is 0.929 bits per heavy atom. The van der Waals surface area contributed by atoms with E-state index in [1.807, 2.05) is 39.4 Å². The van der Waals surface area contributed by atoms with Crippen LogP contribution in [0.4, 0.5) is 0 Å². The molecule has 9 nitrogen and oxygen atoms in total. The minimum Gasteiger partial charge on any atom is -0.756 e. The van der Waals surface area contributed by atoms with Crippen LogP contribution in [-0.2, 0) is 27.9 Å². The van der Waals surface area contributed by atoms with Crippen molar-refractivity contribution in [3.8, 4) is 0 Å². The number of esters is 1. The van der Waals surface area contributed by atoms with Gasteiger partial charge in [-0.1, -0.05) is 208 Å². The third-order valence-electron chi connectivity index (χ3n) is 11.8. The van der Waals surface area contributed by atoms with Gasteiger partial charge in [0.15, 0.2) is 0 Å². The lowest BCUT2D eigenvalue weighted by Crippen LogP contribution is -2.47. The second-order valence-electron chi connectivity index (χ2n) is 19.7. The van der Waals surface area contributed by atoms with Gasteiger partial charge in [0.05, 0.1) is 33.8 Å². The lowest BCUT2D eigenvalue weighted by atomic mass is 10.1. The number of nitrogens with one attached hydrogen (secondary N) is 1. The van der Waals surface area contributed by atoms with E-state index in [1.165, 1.54) is 89.9 Å². The predicted molar refractivity (Wildman–Crippen MR) is 297 cm³/mol. The van der Waals surface area contributed by atoms with Crippen molar-refractivity contribution in [1.82, 2.24) is 5.32 Å². The number of allylic oxidation sites excluding steroid dienone is 15. The van der Waals surface area contributed by atoms with E-state index in [0.717, 1.165) is 83.5 Å². The summed E-state index contributed by atoms with van der Waals surface area (Å²) < 4.78 is 30.1. The van der Waals surface area contributed by atoms with E-state index in [1.54, 1.807) is 6.08 Å². The average Bonchev–Trinajstić information content (AvgIpc) is 3.32. The third kappa shape index (κ3) is 49.9. The van der Waals surface area contributed by atoms with Crippen molar-refractivity contribution < 1.29 is 37.3 Å². The van der Waals surface area contributed by atoms with Gasteiger partial charge >= 0.3 is 5.97 Å². The number of ether oxygens (including phenoxy) is 1. The summed E-state index contributed by atoms with van der Waals surface area (Å²) in [7, 11) is 1.12. The number of rotatable bonds is 49. The lowest BCUT2D eigenvalue weighted by molar-refractivity contribution is -0.870. The summed E-state index contributed by atoms with van der Waals surface area (Å²) in [6, 6.07) is -0.938. The maximum atomic E-state index is 13.4. The summed E-state index contributed by atoms with van der Waals surface area (Å²) in [5.74, 6) is -0.665. The van der Waals surface area contributed by atoms with E-state index in [0.29, 0.717) is 23.9 Å². The van der Waals surface area contributed by atoms with Gasteiger partial charge in [-0.25, -0.2) is 0 Å². The number of nitrogens with zero attached hydrogens (tertiary/aromatic N) is 1. The fourth-order valence-electron chi connectivity index (χ4n) is 7.42. The topological polar surface area (TPSA) is 114 Å². The van der Waals surface area contributed by atoms with Gasteiger partial charge in [-0.15, -0.1) is 0 Å². The summed E-state index contributed by atoms with van der Waals surface area (Å²) in [5.41, 5.74) is 0. The maximum absolute atomic E-state index is 13.4. The number of hydrogen-bond donors (Lipinski definition) is 1. The van der Waals surface area contributed by atoms with Crippen LogP contribution in [0.5, 0.6) is 0 Å². The minimum absolute atomic E-state index is 0.0424. The molecule has 1 amide bonds. The zero-order chi connectivity index (χ0) is 51.5. The monoisotopic (exact) mass is 997 g/mol. The molecule has 0 rings (SSSR count). The molecule has 0 aromatic rings. The predicted octanol–water partition coefficient (Wildman–Crippen LogP) is 16.2. The molecule has 1 N–H and O–H groups in total. The molecule has 402 valence electrons. The van der Waals surface area contributed by atoms with Crippen molar-refractivity contribution in [2.75, 3.05) is 40.9 Å². The molecule has 0 aliphatic carbocycles. The molecule has 70 heavy (non-hydrogen) atoms. The van der Waals surface area contributed by atoms with Gasteiger partial charge in [0.1, 0.15) is 19.3 Å². The molecular weight excluding hydrogens is 892 g/mol. The van der Waals surface area contributed by atoms with Gasteiger partial charge in [-0.2, -0.15) is 0 Å². The van der Waals surface area contributed by atoms with E-state index in [4.69, 9.17) is 13.8 Å². The Hall–Kier alpha value is -3.07. The summed E-state index contributed by atoms with van der Waals surface area (Å²) >= 11 is 0. The van der Waals surface area contributed by atoms with Crippen LogP contribution in [0, 0.1) is 0 Å². The molecule has 0 aromatic carbocycles. The maximum Gasteiger partial charge on any atom is 0.306 e. The molecule has 0 aliphatic heterocycles. The summed E-state index contributed by atoms with van der Waals surface area (Å²) in [4.78, 5) is 39.7. The van der Waals surface area contributed by atoms with Gasteiger partial charge in [0.2, 0.25) is 5.91 Å². The van der Waals surface area contributed by atoms with Crippen molar-refractivity contribution in [1.29, 1.82) is 0 Å². The second-order valence-corrected chi connectivity index (χ2v) is 21.1. The third-order valence-corrected chi connectivity index (χ3v) is 12.7. The smallest absolute Gasteiger partial charge is 0.306 e. The molecular formula is C60H105N2O7P. The van der Waals surface area contributed by atoms with Crippen molar-refractivity contribution in [2.24, 2.45) is 0 Å². The summed E-state index contributed by atoms with van der Waals surface area (Å²) in [5, 5.41) is 2.96. The Labute approximate surface area is 430 Å². The fourth-order valence-corrected chi connectivity index (χ4v) is 8.14. The summed E-state index contributed by atoms with van der Waals surface area (Å²) in [6.45, 7) is 6.62. The van der Waals surface area contributed by atoms with Crippen LogP contribution in [0.15, 0.2) is 97.2 Å². The minimum atomic E-state index is -4.72. The Kier molecular flexibility index (Phi) is 47.3. The molecule has 0 bridgehead atoms. The Balaban J connectivity index is 5.49. The van der Waals surface area contributed by atoms with E-state index in [-0.39, 0.29) is 31.3 Å². The highest BCUT2D eigenvalue weighted by Crippen LogP contribution is 2.38. The highest BCUT2D eigenvalue weighted by atomic mass is 31.2. The molecule has 10 heteroatoms. The number of amides is 1. The number of carbonyl (C=O) groups excluding carboxylic acids is 2. The van der Waals surface area contributed by atoms with E-state index in [2.05, 4.69) is 99.0 Å². The number of likely N-dealkylation sites (N-methyl/N-ethyl adjacent to an activating group) is 1. The second kappa shape index (κ2) is 49.5. The molecule has 3 unspecified atom stereocenters. The molecule has 0 aliphatic rings. The molecule has 0 saturated carbocycles. The Morgan fingerprint density at radius 1 is 0.514 bits per heavy atom. The van der Waals surface area contributed by atoms with Crippen LogP contribution < -0.4 is 10.2 Å². The van der Waals surface area contributed by atoms with Crippen molar-refractivity contribution in [3.05, 3.63) is 97.2 Å². The number of quaternary nitrogens is 1. The van der Waals surface area contributed by atoms with Crippen molar-refractivity contribution in [3.63, 3.8) is 0 Å². The first kappa shape index (κ1) is 66.9. The number of unbranched alkanes of at least 4 members (excludes halogenated alkanes) is 19. The first-order chi connectivity index (χ1) is 33.9. The number of phosphoric ester groups is 1. The zero-order valence-electron chi connectivity index (χ0n) is 45.7. The van der Waals surface area contributed by atoms with E-state index in [9.17, 15) is 19.0 Å². The lowest BCUT2D eigenvalue weighted by Gasteiger charge is -2.30. The van der Waals surface area contributed by atoms with Crippen LogP contribution >= 0.6 is 7.82 Å². The van der Waals surface area contributed by atoms with Gasteiger partial charge in [0.25, 0.3) is 7.82 Å².